The largest absolute Gasteiger partial charge is 0.340 e. The summed E-state index contributed by atoms with van der Waals surface area (Å²) in [6.07, 6.45) is 6.96. The molecule has 0 N–H and O–H groups in total. The third-order valence-corrected chi connectivity index (χ3v) is 5.00. The molecule has 1 saturated carbocycles. The second-order valence-electron chi connectivity index (χ2n) is 6.92. The summed E-state index contributed by atoms with van der Waals surface area (Å²) in [6, 6.07) is 9.99. The fraction of sp³-hybridized carbons (Fsp3) is 0.474. The van der Waals surface area contributed by atoms with E-state index in [4.69, 9.17) is 0 Å². The molecule has 0 radical (unpaired) electrons. The van der Waals surface area contributed by atoms with Gasteiger partial charge in [0.25, 0.3) is 0 Å². The molecule has 0 unspecified atom stereocenters. The molecule has 0 atom stereocenters. The van der Waals surface area contributed by atoms with Crippen LogP contribution in [0.25, 0.3) is 5.69 Å². The summed E-state index contributed by atoms with van der Waals surface area (Å²) < 4.78 is 1.82. The van der Waals surface area contributed by atoms with Crippen LogP contribution in [0.4, 0.5) is 0 Å². The molecule has 2 aliphatic rings. The first kappa shape index (κ1) is 15.4. The minimum absolute atomic E-state index is 0.243. The monoisotopic (exact) mass is 324 g/mol. The number of benzene rings is 1. The van der Waals surface area contributed by atoms with E-state index in [2.05, 4.69) is 10.00 Å². The lowest BCUT2D eigenvalue weighted by Gasteiger charge is -2.34. The van der Waals surface area contributed by atoms with Gasteiger partial charge in [0.05, 0.1) is 12.1 Å². The smallest absolute Gasteiger partial charge is 0.227 e. The van der Waals surface area contributed by atoms with Gasteiger partial charge in [-0.2, -0.15) is 5.10 Å². The van der Waals surface area contributed by atoms with Gasteiger partial charge in [-0.25, -0.2) is 4.68 Å². The lowest BCUT2D eigenvalue weighted by molar-refractivity contribution is -0.132. The first-order chi connectivity index (χ1) is 11.8. The predicted molar refractivity (Wildman–Crippen MR) is 93.0 cm³/mol. The van der Waals surface area contributed by atoms with Gasteiger partial charge >= 0.3 is 0 Å². The Kier molecular flexibility index (Phi) is 4.34. The Morgan fingerprint density at radius 2 is 1.83 bits per heavy atom. The molecule has 24 heavy (non-hydrogen) atoms. The molecule has 1 saturated heterocycles. The Labute approximate surface area is 142 Å². The van der Waals surface area contributed by atoms with E-state index in [0.717, 1.165) is 43.3 Å². The van der Waals surface area contributed by atoms with Crippen molar-refractivity contribution in [3.63, 3.8) is 0 Å². The molecular weight excluding hydrogens is 300 g/mol. The van der Waals surface area contributed by atoms with Crippen LogP contribution in [0, 0.1) is 5.92 Å². The van der Waals surface area contributed by atoms with Crippen molar-refractivity contribution in [2.45, 2.75) is 19.3 Å². The van der Waals surface area contributed by atoms with Gasteiger partial charge in [0.1, 0.15) is 0 Å². The molecule has 2 heterocycles. The molecule has 0 bridgehead atoms. The lowest BCUT2D eigenvalue weighted by atomic mass is 10.1. The van der Waals surface area contributed by atoms with Crippen molar-refractivity contribution < 1.29 is 4.79 Å². The van der Waals surface area contributed by atoms with Gasteiger partial charge in [-0.1, -0.05) is 12.1 Å². The van der Waals surface area contributed by atoms with E-state index in [1.54, 1.807) is 6.20 Å². The number of carbonyl (C=O) groups is 1. The van der Waals surface area contributed by atoms with Crippen LogP contribution in [0.15, 0.2) is 42.7 Å². The van der Waals surface area contributed by atoms with E-state index in [0.29, 0.717) is 6.42 Å². The zero-order valence-electron chi connectivity index (χ0n) is 14.0. The normalized spacial score (nSPS) is 18.8. The zero-order chi connectivity index (χ0) is 16.4. The number of amides is 1. The molecule has 2 fully saturated rings. The van der Waals surface area contributed by atoms with Gasteiger partial charge in [-0.15, -0.1) is 0 Å². The molecule has 1 aliphatic heterocycles. The maximum absolute atomic E-state index is 12.5. The summed E-state index contributed by atoms with van der Waals surface area (Å²) in [5.41, 5.74) is 2.08. The molecular formula is C19H24N4O. The van der Waals surface area contributed by atoms with Crippen molar-refractivity contribution in [2.75, 3.05) is 32.7 Å². The Bertz CT molecular complexity index is 668. The van der Waals surface area contributed by atoms with Crippen LogP contribution in [-0.2, 0) is 11.2 Å². The highest BCUT2D eigenvalue weighted by atomic mass is 16.2. The van der Waals surface area contributed by atoms with E-state index >= 15 is 0 Å². The van der Waals surface area contributed by atoms with Crippen molar-refractivity contribution in [1.29, 1.82) is 0 Å². The van der Waals surface area contributed by atoms with Crippen LogP contribution in [0.1, 0.15) is 18.4 Å². The average Bonchev–Trinajstić information content (AvgIpc) is 3.25. The van der Waals surface area contributed by atoms with Crippen LogP contribution in [0.5, 0.6) is 0 Å². The van der Waals surface area contributed by atoms with E-state index < -0.39 is 0 Å². The summed E-state index contributed by atoms with van der Waals surface area (Å²) in [5.74, 6) is 1.17. The second kappa shape index (κ2) is 6.77. The number of hydrogen-bond acceptors (Lipinski definition) is 3. The van der Waals surface area contributed by atoms with Gasteiger partial charge in [-0.3, -0.25) is 9.69 Å². The van der Waals surface area contributed by atoms with E-state index in [1.165, 1.54) is 19.4 Å². The number of piperazine rings is 1. The highest BCUT2D eigenvalue weighted by molar-refractivity contribution is 5.79. The van der Waals surface area contributed by atoms with Gasteiger partial charge in [-0.05, 0) is 42.5 Å². The predicted octanol–water partition coefficient (Wildman–Crippen LogP) is 1.97. The quantitative estimate of drug-likeness (QED) is 0.844. The number of rotatable bonds is 5. The van der Waals surface area contributed by atoms with Crippen molar-refractivity contribution >= 4 is 5.91 Å². The number of nitrogens with zero attached hydrogens (tertiary/aromatic N) is 4. The second-order valence-corrected chi connectivity index (χ2v) is 6.92. The molecule has 1 aromatic heterocycles. The van der Waals surface area contributed by atoms with Gasteiger partial charge < -0.3 is 4.90 Å². The number of aromatic nitrogens is 2. The van der Waals surface area contributed by atoms with Crippen molar-refractivity contribution in [3.05, 3.63) is 48.3 Å². The molecule has 1 amide bonds. The highest BCUT2D eigenvalue weighted by Gasteiger charge is 2.27. The molecule has 5 nitrogen and oxygen atoms in total. The number of carbonyl (C=O) groups excluding carboxylic acids is 1. The van der Waals surface area contributed by atoms with Gasteiger partial charge in [0.15, 0.2) is 0 Å². The minimum Gasteiger partial charge on any atom is -0.340 e. The summed E-state index contributed by atoms with van der Waals surface area (Å²) >= 11 is 0. The minimum atomic E-state index is 0.243. The van der Waals surface area contributed by atoms with Crippen molar-refractivity contribution in [2.24, 2.45) is 5.92 Å². The van der Waals surface area contributed by atoms with Crippen LogP contribution in [-0.4, -0.2) is 58.2 Å². The molecule has 2 aromatic rings. The molecule has 1 aliphatic carbocycles. The van der Waals surface area contributed by atoms with E-state index in [-0.39, 0.29) is 5.91 Å². The zero-order valence-corrected chi connectivity index (χ0v) is 14.0. The first-order valence-electron chi connectivity index (χ1n) is 8.87. The van der Waals surface area contributed by atoms with E-state index in [1.807, 2.05) is 46.1 Å². The fourth-order valence-corrected chi connectivity index (χ4v) is 3.32. The Morgan fingerprint density at radius 3 is 2.46 bits per heavy atom. The fourth-order valence-electron chi connectivity index (χ4n) is 3.32. The van der Waals surface area contributed by atoms with Crippen LogP contribution < -0.4 is 0 Å². The summed E-state index contributed by atoms with van der Waals surface area (Å²) in [4.78, 5) is 17.0. The van der Waals surface area contributed by atoms with Gasteiger partial charge in [0, 0.05) is 45.1 Å². The Balaban J connectivity index is 1.29. The average molecular weight is 324 g/mol. The SMILES string of the molecule is O=C(Cc1ccc(-n2cccn2)cc1)N1CCN(CC2CC2)CC1. The standard InChI is InChI=1S/C19H24N4O/c24-19(22-12-10-21(11-13-22)15-17-2-3-17)14-16-4-6-18(7-5-16)23-9-1-8-20-23/h1,4-9,17H,2-3,10-15H2. The maximum atomic E-state index is 12.5. The van der Waals surface area contributed by atoms with Crippen molar-refractivity contribution in [3.8, 4) is 5.69 Å². The lowest BCUT2D eigenvalue weighted by Crippen LogP contribution is -2.49. The van der Waals surface area contributed by atoms with Crippen LogP contribution in [0.2, 0.25) is 0 Å². The van der Waals surface area contributed by atoms with Gasteiger partial charge in [0.2, 0.25) is 5.91 Å². The van der Waals surface area contributed by atoms with Crippen LogP contribution in [0.3, 0.4) is 0 Å². The van der Waals surface area contributed by atoms with Crippen LogP contribution >= 0.6 is 0 Å². The van der Waals surface area contributed by atoms with E-state index in [9.17, 15) is 4.79 Å². The molecule has 1 aromatic carbocycles. The summed E-state index contributed by atoms with van der Waals surface area (Å²) in [5, 5.41) is 4.22. The highest BCUT2D eigenvalue weighted by Crippen LogP contribution is 2.29. The molecule has 0 spiro atoms. The topological polar surface area (TPSA) is 41.4 Å². The third kappa shape index (κ3) is 3.67. The number of hydrogen-bond donors (Lipinski definition) is 0. The first-order valence-corrected chi connectivity index (χ1v) is 8.87. The third-order valence-electron chi connectivity index (χ3n) is 5.00. The molecule has 4 rings (SSSR count). The Hall–Kier alpha value is -2.14. The molecule has 5 heteroatoms. The maximum Gasteiger partial charge on any atom is 0.227 e. The summed E-state index contributed by atoms with van der Waals surface area (Å²) in [6.45, 7) is 5.03. The Morgan fingerprint density at radius 1 is 1.08 bits per heavy atom. The van der Waals surface area contributed by atoms with Crippen molar-refractivity contribution in [1.82, 2.24) is 19.6 Å². The molecule has 126 valence electrons. The summed E-state index contributed by atoms with van der Waals surface area (Å²) in [7, 11) is 0.